The number of nitrogens with zero attached hydrogens (tertiary/aromatic N) is 3. The van der Waals surface area contributed by atoms with E-state index in [-0.39, 0.29) is 18.4 Å². The Morgan fingerprint density at radius 3 is 2.69 bits per heavy atom. The molecule has 0 atom stereocenters. The summed E-state index contributed by atoms with van der Waals surface area (Å²) in [6.07, 6.45) is 8.33. The van der Waals surface area contributed by atoms with Gasteiger partial charge in [-0.2, -0.15) is 0 Å². The van der Waals surface area contributed by atoms with E-state index in [4.69, 9.17) is 12.2 Å². The van der Waals surface area contributed by atoms with Crippen LogP contribution in [0.15, 0.2) is 36.2 Å². The smallest absolute Gasteiger partial charge is 0.276 e. The fourth-order valence-electron chi connectivity index (χ4n) is 4.26. The Hall–Kier alpha value is -2.67. The number of carbonyl (C=O) groups excluding carboxylic acids is 2. The Kier molecular flexibility index (Phi) is 5.41. The van der Waals surface area contributed by atoms with Gasteiger partial charge in [0, 0.05) is 42.3 Å². The molecule has 0 radical (unpaired) electrons. The first kappa shape index (κ1) is 19.6. The fourth-order valence-corrected chi connectivity index (χ4v) is 4.57. The van der Waals surface area contributed by atoms with Gasteiger partial charge in [-0.25, -0.2) is 0 Å². The minimum Gasteiger partial charge on any atom is -0.352 e. The lowest BCUT2D eigenvalue weighted by Gasteiger charge is -2.13. The molecule has 152 valence electrons. The predicted molar refractivity (Wildman–Crippen MR) is 118 cm³/mol. The highest BCUT2D eigenvalue weighted by atomic mass is 32.1. The molecule has 0 spiro atoms. The summed E-state index contributed by atoms with van der Waals surface area (Å²) < 4.78 is 1.96. The highest BCUT2D eigenvalue weighted by Crippen LogP contribution is 2.27. The van der Waals surface area contributed by atoms with Crippen molar-refractivity contribution in [2.75, 3.05) is 13.6 Å². The van der Waals surface area contributed by atoms with Crippen LogP contribution in [0.3, 0.4) is 0 Å². The number of benzene rings is 1. The molecule has 0 unspecified atom stereocenters. The number of hydrogen-bond acceptors (Lipinski definition) is 3. The molecule has 0 bridgehead atoms. The second kappa shape index (κ2) is 7.99. The monoisotopic (exact) mass is 410 g/mol. The van der Waals surface area contributed by atoms with Crippen LogP contribution in [-0.2, 0) is 16.1 Å². The second-order valence-electron chi connectivity index (χ2n) is 7.70. The lowest BCUT2D eigenvalue weighted by atomic mass is 10.1. The third-order valence-electron chi connectivity index (χ3n) is 5.81. The number of likely N-dealkylation sites (N-methyl/N-ethyl adjacent to an activating group) is 2. The van der Waals surface area contributed by atoms with Gasteiger partial charge in [0.2, 0.25) is 5.91 Å². The largest absolute Gasteiger partial charge is 0.352 e. The maximum atomic E-state index is 12.7. The van der Waals surface area contributed by atoms with Gasteiger partial charge in [-0.1, -0.05) is 31.0 Å². The highest BCUT2D eigenvalue weighted by Gasteiger charge is 2.34. The third kappa shape index (κ3) is 3.67. The summed E-state index contributed by atoms with van der Waals surface area (Å²) in [6.45, 7) is 2.72. The Morgan fingerprint density at radius 2 is 2.00 bits per heavy atom. The van der Waals surface area contributed by atoms with Gasteiger partial charge in [0.05, 0.1) is 0 Å². The molecule has 2 fully saturated rings. The maximum Gasteiger partial charge on any atom is 0.276 e. The predicted octanol–water partition coefficient (Wildman–Crippen LogP) is 3.12. The van der Waals surface area contributed by atoms with E-state index in [9.17, 15) is 9.59 Å². The van der Waals surface area contributed by atoms with Crippen molar-refractivity contribution in [3.63, 3.8) is 0 Å². The van der Waals surface area contributed by atoms with Crippen LogP contribution >= 0.6 is 12.2 Å². The minimum absolute atomic E-state index is 0.0317. The molecule has 2 aliphatic rings. The Balaban J connectivity index is 1.65. The minimum atomic E-state index is -0.0872. The normalized spacial score (nSPS) is 19.2. The Bertz CT molecular complexity index is 1000. The molecule has 4 rings (SSSR count). The van der Waals surface area contributed by atoms with Crippen molar-refractivity contribution in [1.29, 1.82) is 0 Å². The molecule has 1 aromatic heterocycles. The fraction of sp³-hybridized carbons (Fsp3) is 0.409. The average Bonchev–Trinajstić information content (AvgIpc) is 3.38. The molecule has 2 amide bonds. The van der Waals surface area contributed by atoms with Crippen molar-refractivity contribution in [3.05, 3.63) is 41.7 Å². The van der Waals surface area contributed by atoms with Crippen molar-refractivity contribution >= 4 is 46.1 Å². The first-order valence-electron chi connectivity index (χ1n) is 10.2. The van der Waals surface area contributed by atoms with Gasteiger partial charge < -0.3 is 14.8 Å². The molecule has 1 saturated carbocycles. The van der Waals surface area contributed by atoms with Crippen LogP contribution < -0.4 is 5.32 Å². The number of hydrogen-bond donors (Lipinski definition) is 1. The van der Waals surface area contributed by atoms with Crippen molar-refractivity contribution in [2.45, 2.75) is 45.2 Å². The van der Waals surface area contributed by atoms with E-state index < -0.39 is 0 Å². The number of aromatic nitrogens is 1. The summed E-state index contributed by atoms with van der Waals surface area (Å²) >= 11 is 5.39. The molecular weight excluding hydrogens is 384 g/mol. The van der Waals surface area contributed by atoms with Crippen molar-refractivity contribution in [1.82, 2.24) is 19.7 Å². The summed E-state index contributed by atoms with van der Waals surface area (Å²) in [5.74, 6) is -0.0555. The summed E-state index contributed by atoms with van der Waals surface area (Å²) in [5.41, 5.74) is 2.43. The zero-order valence-electron chi connectivity index (χ0n) is 16.9. The summed E-state index contributed by atoms with van der Waals surface area (Å²) in [5, 5.41) is 4.67. The molecule has 2 heterocycles. The maximum absolute atomic E-state index is 12.7. The van der Waals surface area contributed by atoms with E-state index in [1.54, 1.807) is 9.80 Å². The van der Waals surface area contributed by atoms with E-state index in [0.29, 0.717) is 23.4 Å². The molecule has 1 N–H and O–H groups in total. The van der Waals surface area contributed by atoms with Crippen LogP contribution in [0, 0.1) is 0 Å². The summed E-state index contributed by atoms with van der Waals surface area (Å²) in [7, 11) is 1.82. The molecule has 1 saturated heterocycles. The van der Waals surface area contributed by atoms with Crippen molar-refractivity contribution < 1.29 is 9.59 Å². The number of amides is 2. The molecule has 6 nitrogen and oxygen atoms in total. The summed E-state index contributed by atoms with van der Waals surface area (Å²) in [4.78, 5) is 28.6. The van der Waals surface area contributed by atoms with E-state index in [1.165, 1.54) is 12.8 Å². The van der Waals surface area contributed by atoms with Crippen LogP contribution in [0.25, 0.3) is 17.0 Å². The number of carbonyl (C=O) groups is 2. The van der Waals surface area contributed by atoms with Gasteiger partial charge in [0.15, 0.2) is 5.11 Å². The average molecular weight is 411 g/mol. The number of thiocarbonyl (C=S) groups is 1. The third-order valence-corrected chi connectivity index (χ3v) is 6.30. The molecular formula is C22H26N4O2S. The number of fused-ring (bicyclic) bond motifs is 1. The lowest BCUT2D eigenvalue weighted by molar-refractivity contribution is -0.123. The van der Waals surface area contributed by atoms with Crippen LogP contribution in [0.2, 0.25) is 0 Å². The van der Waals surface area contributed by atoms with Gasteiger partial charge in [-0.3, -0.25) is 14.5 Å². The van der Waals surface area contributed by atoms with Gasteiger partial charge in [0.1, 0.15) is 12.2 Å². The molecule has 1 aliphatic carbocycles. The van der Waals surface area contributed by atoms with E-state index >= 15 is 0 Å². The zero-order valence-corrected chi connectivity index (χ0v) is 17.7. The second-order valence-corrected chi connectivity index (χ2v) is 8.06. The first-order valence-corrected chi connectivity index (χ1v) is 10.6. The van der Waals surface area contributed by atoms with Gasteiger partial charge in [-0.15, -0.1) is 0 Å². The molecule has 2 aromatic rings. The van der Waals surface area contributed by atoms with E-state index in [1.807, 2.05) is 55.1 Å². The molecule has 1 aromatic carbocycles. The van der Waals surface area contributed by atoms with Crippen LogP contribution in [0.5, 0.6) is 0 Å². The number of para-hydroxylation sites is 1. The van der Waals surface area contributed by atoms with Crippen molar-refractivity contribution in [2.24, 2.45) is 0 Å². The Morgan fingerprint density at radius 1 is 1.28 bits per heavy atom. The number of rotatable bonds is 5. The molecule has 7 heteroatoms. The van der Waals surface area contributed by atoms with Gasteiger partial charge in [0.25, 0.3) is 5.91 Å². The first-order chi connectivity index (χ1) is 14.0. The number of nitrogens with one attached hydrogen (secondary N) is 1. The van der Waals surface area contributed by atoms with Crippen LogP contribution in [-0.4, -0.2) is 50.9 Å². The topological polar surface area (TPSA) is 57.6 Å². The van der Waals surface area contributed by atoms with Crippen molar-refractivity contribution in [3.8, 4) is 0 Å². The Labute approximate surface area is 176 Å². The molecule has 29 heavy (non-hydrogen) atoms. The lowest BCUT2D eigenvalue weighted by Crippen LogP contribution is -2.35. The quantitative estimate of drug-likeness (QED) is 0.608. The van der Waals surface area contributed by atoms with Crippen LogP contribution in [0.4, 0.5) is 0 Å². The SMILES string of the molecule is CCN1C(=O)/C(=C/c2cn(CC(=O)NC3CCCC3)c3ccccc23)N(C)C1=S. The zero-order chi connectivity index (χ0) is 20.5. The van der Waals surface area contributed by atoms with Crippen LogP contribution in [0.1, 0.15) is 38.2 Å². The standard InChI is InChI=1S/C22H26N4O2S/c1-3-26-21(28)19(24(2)22(26)29)12-15-13-25(18-11-7-6-10-17(15)18)14-20(27)23-16-8-4-5-9-16/h6-7,10-13,16H,3-5,8-9,14H2,1-2H3,(H,23,27)/b19-12-. The van der Waals surface area contributed by atoms with E-state index in [2.05, 4.69) is 5.32 Å². The molecule has 1 aliphatic heterocycles. The van der Waals surface area contributed by atoms with Gasteiger partial charge >= 0.3 is 0 Å². The van der Waals surface area contributed by atoms with Gasteiger partial charge in [-0.05, 0) is 44.1 Å². The highest BCUT2D eigenvalue weighted by molar-refractivity contribution is 7.80. The summed E-state index contributed by atoms with van der Waals surface area (Å²) in [6, 6.07) is 8.25. The van der Waals surface area contributed by atoms with E-state index in [0.717, 1.165) is 29.3 Å².